The quantitative estimate of drug-likeness (QED) is 0.517. The fraction of sp³-hybridized carbons (Fsp3) is 0.375. The molecule has 5 nitrogen and oxygen atoms in total. The van der Waals surface area contributed by atoms with Crippen LogP contribution in [0.4, 0.5) is 0 Å². The van der Waals surface area contributed by atoms with Crippen molar-refractivity contribution in [3.63, 3.8) is 0 Å². The van der Waals surface area contributed by atoms with E-state index in [-0.39, 0.29) is 5.91 Å². The number of amides is 1. The van der Waals surface area contributed by atoms with Gasteiger partial charge in [0, 0.05) is 17.7 Å². The van der Waals surface area contributed by atoms with Gasteiger partial charge in [-0.2, -0.15) is 0 Å². The molecule has 0 fully saturated rings. The average molecular weight is 429 g/mol. The Kier molecular flexibility index (Phi) is 7.79. The highest BCUT2D eigenvalue weighted by Crippen LogP contribution is 2.20. The Morgan fingerprint density at radius 1 is 1.07 bits per heavy atom. The first kappa shape index (κ1) is 23.6. The van der Waals surface area contributed by atoms with Gasteiger partial charge < -0.3 is 10.1 Å². The van der Waals surface area contributed by atoms with Crippen molar-refractivity contribution in [1.29, 1.82) is 0 Å². The van der Waals surface area contributed by atoms with Crippen LogP contribution in [-0.4, -0.2) is 35.3 Å². The number of hydrogen-bond donors (Lipinski definition) is 1. The zero-order valence-corrected chi connectivity index (χ0v) is 18.9. The third-order valence-electron chi connectivity index (χ3n) is 4.36. The molecule has 2 atom stereocenters. The highest BCUT2D eigenvalue weighted by molar-refractivity contribution is 6.30. The first-order valence-corrected chi connectivity index (χ1v) is 10.2. The van der Waals surface area contributed by atoms with Crippen molar-refractivity contribution in [2.45, 2.75) is 58.2 Å². The molecule has 1 amide bonds. The van der Waals surface area contributed by atoms with E-state index in [9.17, 15) is 9.59 Å². The van der Waals surface area contributed by atoms with Crippen molar-refractivity contribution < 1.29 is 14.3 Å². The second-order valence-electron chi connectivity index (χ2n) is 8.47. The highest BCUT2D eigenvalue weighted by Gasteiger charge is 2.35. The molecule has 2 aromatic carbocycles. The van der Waals surface area contributed by atoms with Crippen LogP contribution in [0.15, 0.2) is 59.6 Å². The van der Waals surface area contributed by atoms with Gasteiger partial charge in [0.1, 0.15) is 17.2 Å². The lowest BCUT2D eigenvalue weighted by Gasteiger charge is -2.27. The second-order valence-corrected chi connectivity index (χ2v) is 8.91. The van der Waals surface area contributed by atoms with E-state index in [2.05, 4.69) is 10.3 Å². The van der Waals surface area contributed by atoms with Gasteiger partial charge in [0.05, 0.1) is 0 Å². The molecule has 0 aromatic heterocycles. The summed E-state index contributed by atoms with van der Waals surface area (Å²) in [7, 11) is 0. The maximum atomic E-state index is 13.2. The SMILES string of the molecule is C[C@H](NC(=O)[C@@](C)(Cc1ccccc1)N=Cc1ccc(Cl)cc1)C(=O)OC(C)(C)C. The summed E-state index contributed by atoms with van der Waals surface area (Å²) >= 11 is 5.94. The van der Waals surface area contributed by atoms with Crippen molar-refractivity contribution in [1.82, 2.24) is 5.32 Å². The number of benzene rings is 2. The minimum Gasteiger partial charge on any atom is -0.458 e. The van der Waals surface area contributed by atoms with Gasteiger partial charge in [-0.15, -0.1) is 0 Å². The van der Waals surface area contributed by atoms with Crippen molar-refractivity contribution in [2.75, 3.05) is 0 Å². The molecule has 0 aliphatic carbocycles. The Hall–Kier alpha value is -2.66. The Labute approximate surface area is 183 Å². The number of nitrogens with zero attached hydrogens (tertiary/aromatic N) is 1. The van der Waals surface area contributed by atoms with E-state index in [0.717, 1.165) is 11.1 Å². The van der Waals surface area contributed by atoms with E-state index < -0.39 is 23.2 Å². The second kappa shape index (κ2) is 9.90. The molecule has 0 bridgehead atoms. The van der Waals surface area contributed by atoms with Crippen LogP contribution in [0.25, 0.3) is 0 Å². The molecule has 2 rings (SSSR count). The predicted molar refractivity (Wildman–Crippen MR) is 121 cm³/mol. The van der Waals surface area contributed by atoms with Crippen LogP contribution in [0.1, 0.15) is 45.7 Å². The zero-order chi connectivity index (χ0) is 22.4. The zero-order valence-electron chi connectivity index (χ0n) is 18.1. The first-order chi connectivity index (χ1) is 14.0. The molecular formula is C24H29ClN2O3. The monoisotopic (exact) mass is 428 g/mol. The van der Waals surface area contributed by atoms with Crippen LogP contribution in [0, 0.1) is 0 Å². The Morgan fingerprint density at radius 3 is 2.23 bits per heavy atom. The number of nitrogens with one attached hydrogen (secondary N) is 1. The molecule has 2 aromatic rings. The number of carbonyl (C=O) groups excluding carboxylic acids is 2. The molecule has 160 valence electrons. The lowest BCUT2D eigenvalue weighted by Crippen LogP contribution is -2.51. The van der Waals surface area contributed by atoms with Crippen LogP contribution in [0.2, 0.25) is 5.02 Å². The maximum absolute atomic E-state index is 13.2. The van der Waals surface area contributed by atoms with E-state index in [1.807, 2.05) is 42.5 Å². The molecule has 0 aliphatic rings. The van der Waals surface area contributed by atoms with E-state index in [0.29, 0.717) is 11.4 Å². The van der Waals surface area contributed by atoms with Crippen molar-refractivity contribution in [2.24, 2.45) is 4.99 Å². The standard InChI is InChI=1S/C24H29ClN2O3/c1-17(21(28)30-23(2,3)4)27-22(29)24(5,15-18-9-7-6-8-10-18)26-16-19-11-13-20(25)14-12-19/h6-14,16-17H,15H2,1-5H3,(H,27,29)/t17-,24+/m0/s1. The third kappa shape index (κ3) is 7.30. The number of aliphatic imine (C=N–C) groups is 1. The molecule has 0 saturated carbocycles. The number of esters is 1. The molecule has 0 unspecified atom stereocenters. The molecule has 0 saturated heterocycles. The normalized spacial score (nSPS) is 14.7. The van der Waals surface area contributed by atoms with Crippen LogP contribution in [0.5, 0.6) is 0 Å². The fourth-order valence-corrected chi connectivity index (χ4v) is 2.87. The Morgan fingerprint density at radius 2 is 1.67 bits per heavy atom. The third-order valence-corrected chi connectivity index (χ3v) is 4.61. The van der Waals surface area contributed by atoms with Crippen LogP contribution >= 0.6 is 11.6 Å². The number of halogens is 1. The van der Waals surface area contributed by atoms with Gasteiger partial charge in [0.15, 0.2) is 0 Å². The summed E-state index contributed by atoms with van der Waals surface area (Å²) in [5.41, 5.74) is 0.0490. The van der Waals surface area contributed by atoms with Crippen molar-refractivity contribution in [3.8, 4) is 0 Å². The highest BCUT2D eigenvalue weighted by atomic mass is 35.5. The summed E-state index contributed by atoms with van der Waals surface area (Å²) in [5, 5.41) is 3.39. The first-order valence-electron chi connectivity index (χ1n) is 9.87. The van der Waals surface area contributed by atoms with Gasteiger partial charge in [-0.05, 0) is 57.9 Å². The Bertz CT molecular complexity index is 889. The molecule has 0 radical (unpaired) electrons. The lowest BCUT2D eigenvalue weighted by atomic mass is 9.92. The number of rotatable bonds is 7. The maximum Gasteiger partial charge on any atom is 0.328 e. The van der Waals surface area contributed by atoms with Gasteiger partial charge in [-0.1, -0.05) is 54.1 Å². The number of carbonyl (C=O) groups is 2. The average Bonchev–Trinajstić information content (AvgIpc) is 2.67. The topological polar surface area (TPSA) is 67.8 Å². The molecule has 6 heteroatoms. The molecule has 0 aliphatic heterocycles. The summed E-state index contributed by atoms with van der Waals surface area (Å²) in [4.78, 5) is 30.1. The fourth-order valence-electron chi connectivity index (χ4n) is 2.74. The van der Waals surface area contributed by atoms with Gasteiger partial charge in [-0.3, -0.25) is 9.79 Å². The van der Waals surface area contributed by atoms with Crippen LogP contribution < -0.4 is 5.32 Å². The van der Waals surface area contributed by atoms with E-state index >= 15 is 0 Å². The van der Waals surface area contributed by atoms with E-state index in [1.165, 1.54) is 0 Å². The van der Waals surface area contributed by atoms with Crippen LogP contribution in [0.3, 0.4) is 0 Å². The van der Waals surface area contributed by atoms with E-state index in [1.54, 1.807) is 53.0 Å². The van der Waals surface area contributed by atoms with E-state index in [4.69, 9.17) is 16.3 Å². The van der Waals surface area contributed by atoms with Gasteiger partial charge in [0.25, 0.3) is 0 Å². The minimum absolute atomic E-state index is 0.352. The molecule has 1 N–H and O–H groups in total. The predicted octanol–water partition coefficient (Wildman–Crippen LogP) is 4.61. The molecule has 0 heterocycles. The minimum atomic E-state index is -1.11. The van der Waals surface area contributed by atoms with Gasteiger partial charge >= 0.3 is 5.97 Å². The molecule has 0 spiro atoms. The van der Waals surface area contributed by atoms with Crippen molar-refractivity contribution in [3.05, 3.63) is 70.7 Å². The summed E-state index contributed by atoms with van der Waals surface area (Å²) in [6.07, 6.45) is 2.03. The lowest BCUT2D eigenvalue weighted by molar-refractivity contribution is -0.158. The van der Waals surface area contributed by atoms with Crippen molar-refractivity contribution >= 4 is 29.7 Å². The Balaban J connectivity index is 2.24. The van der Waals surface area contributed by atoms with Gasteiger partial charge in [-0.25, -0.2) is 4.79 Å². The van der Waals surface area contributed by atoms with Gasteiger partial charge in [0.2, 0.25) is 5.91 Å². The largest absolute Gasteiger partial charge is 0.458 e. The molecule has 30 heavy (non-hydrogen) atoms. The summed E-state index contributed by atoms with van der Waals surface area (Å²) in [6.45, 7) is 8.72. The smallest absolute Gasteiger partial charge is 0.328 e. The number of ether oxygens (including phenoxy) is 1. The molecular weight excluding hydrogens is 400 g/mol. The number of hydrogen-bond acceptors (Lipinski definition) is 4. The van der Waals surface area contributed by atoms with Crippen LogP contribution in [-0.2, 0) is 20.7 Å². The summed E-state index contributed by atoms with van der Waals surface area (Å²) in [5.74, 6) is -0.838. The summed E-state index contributed by atoms with van der Waals surface area (Å²) < 4.78 is 5.37. The summed E-state index contributed by atoms with van der Waals surface area (Å²) in [6, 6.07) is 16.0.